The van der Waals surface area contributed by atoms with Crippen molar-refractivity contribution < 1.29 is 4.79 Å². The fourth-order valence-electron chi connectivity index (χ4n) is 5.01. The molecular weight excluding hydrogens is 432 g/mol. The van der Waals surface area contributed by atoms with Crippen molar-refractivity contribution in [3.63, 3.8) is 0 Å². The Bertz CT molecular complexity index is 1050. The highest BCUT2D eigenvalue weighted by Gasteiger charge is 2.23. The third-order valence-electron chi connectivity index (χ3n) is 6.82. The molecule has 1 aliphatic rings. The molecule has 4 rings (SSSR count). The first-order valence-electron chi connectivity index (χ1n) is 12.3. The zero-order valence-electron chi connectivity index (χ0n) is 19.8. The lowest BCUT2D eigenvalue weighted by molar-refractivity contribution is -0.121. The van der Waals surface area contributed by atoms with Gasteiger partial charge in [-0.2, -0.15) is 5.10 Å². The molecule has 176 valence electrons. The van der Waals surface area contributed by atoms with Crippen LogP contribution >= 0.6 is 11.6 Å². The van der Waals surface area contributed by atoms with E-state index in [1.807, 2.05) is 41.1 Å². The van der Waals surface area contributed by atoms with E-state index in [4.69, 9.17) is 16.7 Å². The number of halogens is 1. The van der Waals surface area contributed by atoms with Crippen molar-refractivity contribution in [2.24, 2.45) is 0 Å². The van der Waals surface area contributed by atoms with Gasteiger partial charge < -0.3 is 5.32 Å². The SMILES string of the molecule is C[C@H]1CCC[C@H](C)N1CCCNC(=O)CCCn1nc(-c2ccccc2)c2cc(Cl)ccc21. The first kappa shape index (κ1) is 23.8. The summed E-state index contributed by atoms with van der Waals surface area (Å²) in [4.78, 5) is 15.0. The van der Waals surface area contributed by atoms with Crippen molar-refractivity contribution in [3.8, 4) is 11.3 Å². The number of aryl methyl sites for hydroxylation is 1. The van der Waals surface area contributed by atoms with E-state index in [0.29, 0.717) is 30.1 Å². The van der Waals surface area contributed by atoms with Crippen molar-refractivity contribution in [2.45, 2.75) is 71.0 Å². The van der Waals surface area contributed by atoms with Crippen LogP contribution in [0.4, 0.5) is 0 Å². The van der Waals surface area contributed by atoms with E-state index >= 15 is 0 Å². The smallest absolute Gasteiger partial charge is 0.220 e. The van der Waals surface area contributed by atoms with Crippen molar-refractivity contribution >= 4 is 28.4 Å². The van der Waals surface area contributed by atoms with Gasteiger partial charge >= 0.3 is 0 Å². The predicted octanol–water partition coefficient (Wildman–Crippen LogP) is 5.91. The van der Waals surface area contributed by atoms with Gasteiger partial charge in [0.2, 0.25) is 5.91 Å². The number of likely N-dealkylation sites (tertiary alicyclic amines) is 1. The van der Waals surface area contributed by atoms with Crippen LogP contribution < -0.4 is 5.32 Å². The Morgan fingerprint density at radius 1 is 1.06 bits per heavy atom. The minimum atomic E-state index is 0.123. The number of benzene rings is 2. The van der Waals surface area contributed by atoms with Crippen LogP contribution in [0.2, 0.25) is 5.02 Å². The lowest BCUT2D eigenvalue weighted by Crippen LogP contribution is -2.44. The predicted molar refractivity (Wildman–Crippen MR) is 137 cm³/mol. The maximum Gasteiger partial charge on any atom is 0.220 e. The number of nitrogens with one attached hydrogen (secondary N) is 1. The molecule has 3 aromatic rings. The van der Waals surface area contributed by atoms with Gasteiger partial charge in [0.25, 0.3) is 0 Å². The van der Waals surface area contributed by atoms with Gasteiger partial charge in [-0.25, -0.2) is 0 Å². The van der Waals surface area contributed by atoms with E-state index in [1.165, 1.54) is 19.3 Å². The van der Waals surface area contributed by atoms with Gasteiger partial charge in [-0.1, -0.05) is 48.4 Å². The van der Waals surface area contributed by atoms with Crippen molar-refractivity contribution in [2.75, 3.05) is 13.1 Å². The molecule has 0 saturated carbocycles. The molecule has 0 unspecified atom stereocenters. The number of carbonyl (C=O) groups excluding carboxylic acids is 1. The third kappa shape index (κ3) is 5.96. The number of fused-ring (bicyclic) bond motifs is 1. The van der Waals surface area contributed by atoms with E-state index in [0.717, 1.165) is 48.1 Å². The summed E-state index contributed by atoms with van der Waals surface area (Å²) in [6.45, 7) is 7.15. The molecule has 1 amide bonds. The van der Waals surface area contributed by atoms with Gasteiger partial charge in [-0.3, -0.25) is 14.4 Å². The van der Waals surface area contributed by atoms with Gasteiger partial charge in [-0.05, 0) is 57.7 Å². The summed E-state index contributed by atoms with van der Waals surface area (Å²) in [6, 6.07) is 17.4. The average molecular weight is 467 g/mol. The number of hydrogen-bond donors (Lipinski definition) is 1. The minimum Gasteiger partial charge on any atom is -0.356 e. The monoisotopic (exact) mass is 466 g/mol. The molecule has 1 N–H and O–H groups in total. The molecule has 2 heterocycles. The molecule has 5 nitrogen and oxygen atoms in total. The largest absolute Gasteiger partial charge is 0.356 e. The lowest BCUT2D eigenvalue weighted by Gasteiger charge is -2.39. The van der Waals surface area contributed by atoms with Crippen LogP contribution in [0.15, 0.2) is 48.5 Å². The average Bonchev–Trinajstić information content (AvgIpc) is 3.16. The lowest BCUT2D eigenvalue weighted by atomic mass is 9.97. The minimum absolute atomic E-state index is 0.123. The standard InChI is InChI=1S/C27H35ClN4O/c1-20-9-6-10-21(2)31(20)17-8-16-29-26(33)13-7-18-32-25-15-14-23(28)19-24(25)27(30-32)22-11-4-3-5-12-22/h3-5,11-12,14-15,19-21H,6-10,13,16-18H2,1-2H3,(H,29,33)/t20-,21-/m0/s1. The third-order valence-corrected chi connectivity index (χ3v) is 7.06. The number of piperidine rings is 1. The van der Waals surface area contributed by atoms with Gasteiger partial charge in [0, 0.05) is 54.1 Å². The van der Waals surface area contributed by atoms with Crippen LogP contribution in [0.3, 0.4) is 0 Å². The highest BCUT2D eigenvalue weighted by molar-refractivity contribution is 6.31. The van der Waals surface area contributed by atoms with Crippen molar-refractivity contribution in [1.29, 1.82) is 0 Å². The molecule has 0 spiro atoms. The summed E-state index contributed by atoms with van der Waals surface area (Å²) in [5.41, 5.74) is 3.04. The van der Waals surface area contributed by atoms with Crippen LogP contribution in [0, 0.1) is 0 Å². The highest BCUT2D eigenvalue weighted by Crippen LogP contribution is 2.30. The van der Waals surface area contributed by atoms with Gasteiger partial charge in [0.05, 0.1) is 5.52 Å². The molecule has 1 aromatic heterocycles. The topological polar surface area (TPSA) is 50.2 Å². The fraction of sp³-hybridized carbons (Fsp3) is 0.481. The van der Waals surface area contributed by atoms with E-state index in [9.17, 15) is 4.79 Å². The Hall–Kier alpha value is -2.37. The first-order valence-corrected chi connectivity index (χ1v) is 12.6. The second-order valence-corrected chi connectivity index (χ2v) is 9.71. The van der Waals surface area contributed by atoms with Crippen LogP contribution in [-0.4, -0.2) is 45.8 Å². The molecule has 1 aliphatic heterocycles. The Morgan fingerprint density at radius 3 is 2.58 bits per heavy atom. The molecule has 0 radical (unpaired) electrons. The Labute approximate surface area is 202 Å². The summed E-state index contributed by atoms with van der Waals surface area (Å²) in [5, 5.41) is 9.70. The zero-order valence-corrected chi connectivity index (χ0v) is 20.5. The number of aromatic nitrogens is 2. The maximum absolute atomic E-state index is 12.4. The molecule has 2 aromatic carbocycles. The molecular formula is C27H35ClN4O. The maximum atomic E-state index is 12.4. The second kappa shape index (κ2) is 11.2. The van der Waals surface area contributed by atoms with Crippen LogP contribution in [0.5, 0.6) is 0 Å². The molecule has 33 heavy (non-hydrogen) atoms. The fourth-order valence-corrected chi connectivity index (χ4v) is 5.19. The summed E-state index contributed by atoms with van der Waals surface area (Å²) in [7, 11) is 0. The van der Waals surface area contributed by atoms with Crippen LogP contribution in [0.25, 0.3) is 22.2 Å². The summed E-state index contributed by atoms with van der Waals surface area (Å²) < 4.78 is 2.00. The Balaban J connectivity index is 1.28. The molecule has 0 aliphatic carbocycles. The highest BCUT2D eigenvalue weighted by atomic mass is 35.5. The first-order chi connectivity index (χ1) is 16.0. The van der Waals surface area contributed by atoms with Crippen LogP contribution in [-0.2, 0) is 11.3 Å². The molecule has 1 saturated heterocycles. The second-order valence-electron chi connectivity index (χ2n) is 9.27. The Morgan fingerprint density at radius 2 is 1.82 bits per heavy atom. The van der Waals surface area contributed by atoms with Crippen LogP contribution in [0.1, 0.15) is 52.4 Å². The summed E-state index contributed by atoms with van der Waals surface area (Å²) in [6.07, 6.45) is 6.17. The van der Waals surface area contributed by atoms with Gasteiger partial charge in [0.1, 0.15) is 5.69 Å². The molecule has 1 fully saturated rings. The molecule has 2 atom stereocenters. The summed E-state index contributed by atoms with van der Waals surface area (Å²) in [5.74, 6) is 0.123. The van der Waals surface area contributed by atoms with Crippen molar-refractivity contribution in [3.05, 3.63) is 53.6 Å². The van der Waals surface area contributed by atoms with E-state index < -0.39 is 0 Å². The Kier molecular flexibility index (Phi) is 8.05. The van der Waals surface area contributed by atoms with Crippen molar-refractivity contribution in [1.82, 2.24) is 20.0 Å². The summed E-state index contributed by atoms with van der Waals surface area (Å²) >= 11 is 6.27. The zero-order chi connectivity index (χ0) is 23.2. The van der Waals surface area contributed by atoms with Gasteiger partial charge in [0.15, 0.2) is 0 Å². The number of amides is 1. The van der Waals surface area contributed by atoms with Gasteiger partial charge in [-0.15, -0.1) is 0 Å². The number of hydrogen-bond acceptors (Lipinski definition) is 3. The quantitative estimate of drug-likeness (QED) is 0.399. The number of nitrogens with zero attached hydrogens (tertiary/aromatic N) is 3. The molecule has 0 bridgehead atoms. The number of carbonyl (C=O) groups is 1. The number of rotatable bonds is 9. The molecule has 6 heteroatoms. The van der Waals surface area contributed by atoms with E-state index in [2.05, 4.69) is 36.2 Å². The van der Waals surface area contributed by atoms with E-state index in [-0.39, 0.29) is 5.91 Å². The normalized spacial score (nSPS) is 19.1. The van der Waals surface area contributed by atoms with E-state index in [1.54, 1.807) is 0 Å².